The Morgan fingerprint density at radius 2 is 1.61 bits per heavy atom. The van der Waals surface area contributed by atoms with Crippen molar-refractivity contribution < 1.29 is 9.53 Å². The second-order valence-corrected chi connectivity index (χ2v) is 8.64. The van der Waals surface area contributed by atoms with Gasteiger partial charge in [0.2, 0.25) is 0 Å². The monoisotopic (exact) mass is 483 g/mol. The van der Waals surface area contributed by atoms with Gasteiger partial charge >= 0.3 is 11.7 Å². The van der Waals surface area contributed by atoms with Gasteiger partial charge < -0.3 is 10.1 Å². The molecule has 0 fully saturated rings. The van der Waals surface area contributed by atoms with E-state index in [1.54, 1.807) is 18.7 Å². The Bertz CT molecular complexity index is 1630. The lowest BCUT2D eigenvalue weighted by atomic mass is 9.81. The predicted molar refractivity (Wildman–Crippen MR) is 136 cm³/mol. The molecule has 1 unspecified atom stereocenters. The van der Waals surface area contributed by atoms with Crippen molar-refractivity contribution in [1.82, 2.24) is 18.9 Å². The third-order valence-electron chi connectivity index (χ3n) is 6.51. The third-order valence-corrected chi connectivity index (χ3v) is 6.51. The van der Waals surface area contributed by atoms with Gasteiger partial charge in [0, 0.05) is 37.1 Å². The minimum atomic E-state index is -0.827. The minimum Gasteiger partial charge on any atom is -0.466 e. The number of ether oxygens (including phenoxy) is 1. The first-order chi connectivity index (χ1) is 17.3. The van der Waals surface area contributed by atoms with Crippen LogP contribution in [0.3, 0.4) is 0 Å². The minimum absolute atomic E-state index is 0.274. The summed E-state index contributed by atoms with van der Waals surface area (Å²) < 4.78 is 9.31. The predicted octanol–water partition coefficient (Wildman–Crippen LogP) is 2.94. The molecule has 9 nitrogen and oxygen atoms in total. The van der Waals surface area contributed by atoms with Crippen LogP contribution >= 0.6 is 0 Å². The normalized spacial score (nSPS) is 14.8. The Morgan fingerprint density at radius 3 is 2.25 bits per heavy atom. The van der Waals surface area contributed by atoms with Crippen molar-refractivity contribution in [2.75, 3.05) is 12.4 Å². The molecule has 0 saturated heterocycles. The average Bonchev–Trinajstić information content (AvgIpc) is 3.36. The van der Waals surface area contributed by atoms with Gasteiger partial charge in [-0.3, -0.25) is 13.9 Å². The number of anilines is 1. The highest BCUT2D eigenvalue weighted by atomic mass is 16.5. The van der Waals surface area contributed by atoms with Gasteiger partial charge in [0.25, 0.3) is 5.56 Å². The Labute approximate surface area is 206 Å². The van der Waals surface area contributed by atoms with Gasteiger partial charge in [0.05, 0.1) is 35.5 Å². The fourth-order valence-electron chi connectivity index (χ4n) is 4.71. The van der Waals surface area contributed by atoms with Crippen molar-refractivity contribution in [3.63, 3.8) is 0 Å². The molecule has 0 amide bonds. The van der Waals surface area contributed by atoms with Crippen LogP contribution in [0.25, 0.3) is 16.9 Å². The van der Waals surface area contributed by atoms with E-state index in [0.29, 0.717) is 22.8 Å². The zero-order valence-corrected chi connectivity index (χ0v) is 20.4. The zero-order valence-electron chi connectivity index (χ0n) is 20.4. The summed E-state index contributed by atoms with van der Waals surface area (Å²) in [4.78, 5) is 39.4. The summed E-state index contributed by atoms with van der Waals surface area (Å²) in [5, 5.41) is 7.98. The molecule has 182 valence electrons. The summed E-state index contributed by atoms with van der Waals surface area (Å²) in [6, 6.07) is 19.2. The number of methoxy groups -OCH3 is 1. The van der Waals surface area contributed by atoms with Crippen LogP contribution in [0, 0.1) is 0 Å². The third kappa shape index (κ3) is 3.56. The molecule has 0 bridgehead atoms. The number of carbonyl (C=O) groups is 1. The molecular formula is C27H25N5O4. The van der Waals surface area contributed by atoms with E-state index in [0.717, 1.165) is 15.8 Å². The Kier molecular flexibility index (Phi) is 5.68. The summed E-state index contributed by atoms with van der Waals surface area (Å²) in [7, 11) is 4.32. The number of para-hydroxylation sites is 1. The van der Waals surface area contributed by atoms with Crippen LogP contribution in [0.1, 0.15) is 24.0 Å². The number of benzene rings is 2. The molecule has 0 saturated carbocycles. The van der Waals surface area contributed by atoms with Crippen LogP contribution < -0.4 is 16.6 Å². The lowest BCUT2D eigenvalue weighted by Crippen LogP contribution is -2.43. The van der Waals surface area contributed by atoms with E-state index in [4.69, 9.17) is 9.84 Å². The second kappa shape index (κ2) is 8.84. The average molecular weight is 484 g/mol. The van der Waals surface area contributed by atoms with Crippen LogP contribution in [0.2, 0.25) is 0 Å². The highest BCUT2D eigenvalue weighted by Crippen LogP contribution is 2.43. The van der Waals surface area contributed by atoms with Crippen LogP contribution in [0.4, 0.5) is 5.82 Å². The van der Waals surface area contributed by atoms with Gasteiger partial charge in [-0.15, -0.1) is 0 Å². The number of rotatable bonds is 4. The molecule has 2 aromatic heterocycles. The first-order valence-electron chi connectivity index (χ1n) is 11.4. The van der Waals surface area contributed by atoms with Gasteiger partial charge in [-0.2, -0.15) is 5.10 Å². The number of hydrogen-bond acceptors (Lipinski definition) is 6. The maximum atomic E-state index is 13.6. The Hall–Kier alpha value is -4.66. The summed E-state index contributed by atoms with van der Waals surface area (Å²) in [6.07, 6.45) is 1.83. The fraction of sp³-hybridized carbons (Fsp3) is 0.185. The smallest absolute Gasteiger partial charge is 0.336 e. The number of nitrogens with one attached hydrogen (secondary N) is 1. The van der Waals surface area contributed by atoms with Gasteiger partial charge in [-0.05, 0) is 19.1 Å². The van der Waals surface area contributed by atoms with Crippen LogP contribution in [-0.2, 0) is 23.6 Å². The number of allylic oxidation sites excluding steroid dienone is 1. The van der Waals surface area contributed by atoms with Gasteiger partial charge in [0.1, 0.15) is 5.82 Å². The molecular weight excluding hydrogens is 458 g/mol. The van der Waals surface area contributed by atoms with Crippen molar-refractivity contribution in [3.05, 3.63) is 110 Å². The quantitative estimate of drug-likeness (QED) is 0.448. The number of fused-ring (bicyclic) bond motifs is 1. The lowest BCUT2D eigenvalue weighted by molar-refractivity contribution is -0.136. The first kappa shape index (κ1) is 23.1. The van der Waals surface area contributed by atoms with Gasteiger partial charge in [-0.25, -0.2) is 14.3 Å². The molecule has 1 N–H and O–H groups in total. The summed E-state index contributed by atoms with van der Waals surface area (Å²) in [6.45, 7) is 1.73. The van der Waals surface area contributed by atoms with Gasteiger partial charge in [-0.1, -0.05) is 48.5 Å². The van der Waals surface area contributed by atoms with E-state index in [2.05, 4.69) is 5.32 Å². The van der Waals surface area contributed by atoms with Crippen LogP contribution in [0.5, 0.6) is 0 Å². The highest BCUT2D eigenvalue weighted by molar-refractivity contribution is 5.95. The molecule has 0 spiro atoms. The fourth-order valence-corrected chi connectivity index (χ4v) is 4.71. The van der Waals surface area contributed by atoms with Crippen molar-refractivity contribution in [2.45, 2.75) is 12.8 Å². The Morgan fingerprint density at radius 1 is 0.972 bits per heavy atom. The maximum Gasteiger partial charge on any atom is 0.336 e. The molecule has 1 atom stereocenters. The summed E-state index contributed by atoms with van der Waals surface area (Å²) in [5.41, 5.74) is 2.99. The molecule has 2 aromatic carbocycles. The largest absolute Gasteiger partial charge is 0.466 e. The molecule has 9 heteroatoms. The summed E-state index contributed by atoms with van der Waals surface area (Å²) in [5.74, 6) is -1.06. The number of carbonyl (C=O) groups excluding carboxylic acids is 1. The van der Waals surface area contributed by atoms with Crippen LogP contribution in [-0.4, -0.2) is 32.0 Å². The molecule has 36 heavy (non-hydrogen) atoms. The topological polar surface area (TPSA) is 100 Å². The molecule has 1 aliphatic heterocycles. The van der Waals surface area contributed by atoms with Crippen molar-refractivity contribution in [3.8, 4) is 16.9 Å². The highest BCUT2D eigenvalue weighted by Gasteiger charge is 2.39. The molecule has 0 aliphatic carbocycles. The van der Waals surface area contributed by atoms with Crippen LogP contribution in [0.15, 0.2) is 87.7 Å². The van der Waals surface area contributed by atoms with Gasteiger partial charge in [0.15, 0.2) is 0 Å². The standard InChI is InChI=1S/C27H25N5O4/c1-16-20(26(34)36-4)21(22-24(28-16)30(2)27(35)31(3)25(22)33)19-15-32(18-13-9-6-10-14-18)29-23(19)17-11-7-5-8-12-17/h5-15,21,28H,1-4H3. The van der Waals surface area contributed by atoms with E-state index >= 15 is 0 Å². The SMILES string of the molecule is COC(=O)C1=C(C)Nc2c(c(=O)n(C)c(=O)n2C)C1c1cn(-c2ccccc2)nc1-c1ccccc1. The summed E-state index contributed by atoms with van der Waals surface area (Å²) >= 11 is 0. The van der Waals surface area contributed by atoms with Crippen molar-refractivity contribution in [1.29, 1.82) is 0 Å². The van der Waals surface area contributed by atoms with Crippen molar-refractivity contribution in [2.24, 2.45) is 14.1 Å². The number of esters is 1. The van der Waals surface area contributed by atoms with E-state index in [1.807, 2.05) is 66.9 Å². The number of aromatic nitrogens is 4. The second-order valence-electron chi connectivity index (χ2n) is 8.64. The lowest BCUT2D eigenvalue weighted by Gasteiger charge is -2.30. The molecule has 3 heterocycles. The molecule has 1 aliphatic rings. The van der Waals surface area contributed by atoms with Crippen molar-refractivity contribution >= 4 is 11.8 Å². The van der Waals surface area contributed by atoms with E-state index < -0.39 is 23.1 Å². The molecule has 4 aromatic rings. The first-order valence-corrected chi connectivity index (χ1v) is 11.4. The number of hydrogen-bond donors (Lipinski definition) is 1. The van der Waals surface area contributed by atoms with E-state index in [-0.39, 0.29) is 11.1 Å². The zero-order chi connectivity index (χ0) is 25.6. The molecule has 0 radical (unpaired) electrons. The Balaban J connectivity index is 1.89. The number of nitrogens with zero attached hydrogens (tertiary/aromatic N) is 4. The van der Waals surface area contributed by atoms with E-state index in [1.165, 1.54) is 18.7 Å². The molecule has 5 rings (SSSR count). The van der Waals surface area contributed by atoms with E-state index in [9.17, 15) is 14.4 Å². The maximum absolute atomic E-state index is 13.6.